The molecule has 2 fully saturated rings. The number of nitrogen functional groups attached to an aromatic ring is 1. The molecule has 3 aliphatic rings. The number of hydrogen-bond acceptors (Lipinski definition) is 8. The van der Waals surface area contributed by atoms with Crippen molar-refractivity contribution in [2.24, 2.45) is 0 Å². The molecule has 3 atom stereocenters. The molecular weight excluding hydrogens is 380 g/mol. The monoisotopic (exact) mass is 410 g/mol. The minimum atomic E-state index is -0.0915. The lowest BCUT2D eigenvalue weighted by atomic mass is 9.80. The van der Waals surface area contributed by atoms with Crippen LogP contribution in [-0.2, 0) is 28.0 Å². The molecule has 8 heteroatoms. The average molecular weight is 411 g/mol. The Hall–Kier alpha value is -2.29. The van der Waals surface area contributed by atoms with Gasteiger partial charge in [0.2, 0.25) is 5.95 Å². The number of fused-ring (bicyclic) bond motifs is 2. The van der Waals surface area contributed by atoms with Crippen molar-refractivity contribution in [3.05, 3.63) is 41.3 Å². The largest absolute Gasteiger partial charge is 0.383 e. The van der Waals surface area contributed by atoms with E-state index in [-0.39, 0.29) is 17.6 Å². The maximum Gasteiger partial charge on any atom is 0.225 e. The third-order valence-corrected chi connectivity index (χ3v) is 6.45. The minimum absolute atomic E-state index is 0.0915. The summed E-state index contributed by atoms with van der Waals surface area (Å²) < 4.78 is 11.9. The number of morpholine rings is 1. The van der Waals surface area contributed by atoms with Crippen LogP contribution < -0.4 is 10.6 Å². The van der Waals surface area contributed by atoms with Gasteiger partial charge in [-0.1, -0.05) is 6.07 Å². The zero-order valence-corrected chi connectivity index (χ0v) is 17.8. The Morgan fingerprint density at radius 2 is 2.07 bits per heavy atom. The number of ether oxygens (including phenoxy) is 2. The molecule has 1 spiro atoms. The standard InChI is InChI=1S/C22H30N6O2/c1-15-9-28(10-16(2)30-15)21-25-8-18-12-29-14-22(19(18)26-21)5-7-27(13-22)11-17-4-3-6-24-20(17)23/h3-4,6,8,15-16H,5,7,9-14H2,1-2H3,(H2,23,24)/t15-,16-,22-/m1/s1. The van der Waals surface area contributed by atoms with Crippen LogP contribution in [0.15, 0.2) is 24.5 Å². The van der Waals surface area contributed by atoms with E-state index in [0.717, 1.165) is 61.9 Å². The first-order valence-corrected chi connectivity index (χ1v) is 10.8. The third-order valence-electron chi connectivity index (χ3n) is 6.45. The van der Waals surface area contributed by atoms with E-state index in [9.17, 15) is 0 Å². The quantitative estimate of drug-likeness (QED) is 0.819. The number of likely N-dealkylation sites (tertiary alicyclic amines) is 1. The van der Waals surface area contributed by atoms with Gasteiger partial charge in [-0.2, -0.15) is 0 Å². The summed E-state index contributed by atoms with van der Waals surface area (Å²) in [6.45, 7) is 9.83. The molecule has 0 unspecified atom stereocenters. The van der Waals surface area contributed by atoms with Crippen LogP contribution in [0.25, 0.3) is 0 Å². The molecule has 3 aliphatic heterocycles. The van der Waals surface area contributed by atoms with E-state index < -0.39 is 0 Å². The van der Waals surface area contributed by atoms with Gasteiger partial charge in [0.15, 0.2) is 0 Å². The summed E-state index contributed by atoms with van der Waals surface area (Å²) in [4.78, 5) is 18.7. The average Bonchev–Trinajstić information content (AvgIpc) is 3.12. The van der Waals surface area contributed by atoms with Crippen LogP contribution >= 0.6 is 0 Å². The predicted molar refractivity (Wildman–Crippen MR) is 114 cm³/mol. The summed E-state index contributed by atoms with van der Waals surface area (Å²) >= 11 is 0. The number of pyridine rings is 1. The lowest BCUT2D eigenvalue weighted by molar-refractivity contribution is -0.00584. The van der Waals surface area contributed by atoms with Crippen molar-refractivity contribution in [3.8, 4) is 0 Å². The summed E-state index contributed by atoms with van der Waals surface area (Å²) in [6, 6.07) is 4.00. The molecule has 0 amide bonds. The number of nitrogens with two attached hydrogens (primary N) is 1. The second-order valence-electron chi connectivity index (χ2n) is 8.99. The molecule has 30 heavy (non-hydrogen) atoms. The van der Waals surface area contributed by atoms with E-state index in [1.54, 1.807) is 6.20 Å². The lowest BCUT2D eigenvalue weighted by Crippen LogP contribution is -2.47. The highest BCUT2D eigenvalue weighted by Gasteiger charge is 2.45. The van der Waals surface area contributed by atoms with Gasteiger partial charge in [0, 0.05) is 49.7 Å². The highest BCUT2D eigenvalue weighted by molar-refractivity contribution is 5.40. The highest BCUT2D eigenvalue weighted by atomic mass is 16.5. The van der Waals surface area contributed by atoms with E-state index in [4.69, 9.17) is 20.2 Å². The molecule has 2 aromatic rings. The molecule has 2 N–H and O–H groups in total. The van der Waals surface area contributed by atoms with Crippen LogP contribution in [0.4, 0.5) is 11.8 Å². The number of anilines is 2. The van der Waals surface area contributed by atoms with E-state index in [1.807, 2.05) is 12.3 Å². The van der Waals surface area contributed by atoms with E-state index >= 15 is 0 Å². The number of nitrogens with zero attached hydrogens (tertiary/aromatic N) is 5. The zero-order valence-electron chi connectivity index (χ0n) is 17.8. The summed E-state index contributed by atoms with van der Waals surface area (Å²) in [5.41, 5.74) is 9.33. The van der Waals surface area contributed by atoms with Crippen LogP contribution in [-0.4, -0.2) is 64.8 Å². The smallest absolute Gasteiger partial charge is 0.225 e. The van der Waals surface area contributed by atoms with Crippen molar-refractivity contribution in [1.29, 1.82) is 0 Å². The zero-order chi connectivity index (χ0) is 20.7. The van der Waals surface area contributed by atoms with Crippen molar-refractivity contribution in [2.45, 2.75) is 51.0 Å². The molecule has 2 aromatic heterocycles. The van der Waals surface area contributed by atoms with Gasteiger partial charge >= 0.3 is 0 Å². The van der Waals surface area contributed by atoms with E-state index in [2.05, 4.69) is 39.7 Å². The van der Waals surface area contributed by atoms with Crippen LogP contribution in [0, 0.1) is 0 Å². The number of hydrogen-bond donors (Lipinski definition) is 1. The van der Waals surface area contributed by atoms with Crippen molar-refractivity contribution < 1.29 is 9.47 Å². The topological polar surface area (TPSA) is 89.6 Å². The van der Waals surface area contributed by atoms with E-state index in [0.29, 0.717) is 19.0 Å². The first-order chi connectivity index (χ1) is 14.5. The second-order valence-corrected chi connectivity index (χ2v) is 8.99. The van der Waals surface area contributed by atoms with Gasteiger partial charge in [0.05, 0.1) is 36.5 Å². The van der Waals surface area contributed by atoms with Gasteiger partial charge in [-0.15, -0.1) is 0 Å². The van der Waals surface area contributed by atoms with Crippen LogP contribution in [0.2, 0.25) is 0 Å². The van der Waals surface area contributed by atoms with Crippen LogP contribution in [0.5, 0.6) is 0 Å². The fraction of sp³-hybridized carbons (Fsp3) is 0.591. The Labute approximate surface area is 177 Å². The maximum atomic E-state index is 6.07. The normalized spacial score (nSPS) is 29.3. The Bertz CT molecular complexity index is 914. The molecule has 0 radical (unpaired) electrons. The fourth-order valence-electron chi connectivity index (χ4n) is 5.11. The van der Waals surface area contributed by atoms with Crippen LogP contribution in [0.1, 0.15) is 37.1 Å². The van der Waals surface area contributed by atoms with Gasteiger partial charge in [0.25, 0.3) is 0 Å². The molecule has 160 valence electrons. The molecule has 0 aliphatic carbocycles. The van der Waals surface area contributed by atoms with Gasteiger partial charge in [-0.05, 0) is 32.9 Å². The Morgan fingerprint density at radius 1 is 1.23 bits per heavy atom. The van der Waals surface area contributed by atoms with Gasteiger partial charge in [0.1, 0.15) is 5.82 Å². The minimum Gasteiger partial charge on any atom is -0.383 e. The molecule has 0 aromatic carbocycles. The third kappa shape index (κ3) is 3.64. The molecule has 5 rings (SSSR count). The first-order valence-electron chi connectivity index (χ1n) is 10.8. The van der Waals surface area contributed by atoms with Crippen molar-refractivity contribution in [3.63, 3.8) is 0 Å². The van der Waals surface area contributed by atoms with Gasteiger partial charge in [-0.25, -0.2) is 15.0 Å². The summed E-state index contributed by atoms with van der Waals surface area (Å²) in [7, 11) is 0. The van der Waals surface area contributed by atoms with Crippen molar-refractivity contribution in [1.82, 2.24) is 19.9 Å². The predicted octanol–water partition coefficient (Wildman–Crippen LogP) is 1.74. The Kier molecular flexibility index (Phi) is 5.08. The first kappa shape index (κ1) is 19.7. The highest BCUT2D eigenvalue weighted by Crippen LogP contribution is 2.40. The van der Waals surface area contributed by atoms with Gasteiger partial charge in [-0.3, -0.25) is 4.90 Å². The number of aromatic nitrogens is 3. The Morgan fingerprint density at radius 3 is 2.87 bits per heavy atom. The van der Waals surface area contributed by atoms with Gasteiger partial charge < -0.3 is 20.1 Å². The maximum absolute atomic E-state index is 6.07. The summed E-state index contributed by atoms with van der Waals surface area (Å²) in [5, 5.41) is 0. The SMILES string of the molecule is C[C@@H]1CN(c2ncc3c(n2)[C@@]2(CCN(Cc4cccnc4N)C2)COC3)C[C@@H](C)O1. The van der Waals surface area contributed by atoms with E-state index in [1.165, 1.54) is 0 Å². The fourth-order valence-corrected chi connectivity index (χ4v) is 5.11. The molecule has 0 saturated carbocycles. The summed E-state index contributed by atoms with van der Waals surface area (Å²) in [5.74, 6) is 1.42. The van der Waals surface area contributed by atoms with Crippen molar-refractivity contribution in [2.75, 3.05) is 43.4 Å². The molecule has 2 saturated heterocycles. The van der Waals surface area contributed by atoms with Crippen LogP contribution in [0.3, 0.4) is 0 Å². The van der Waals surface area contributed by atoms with Crippen molar-refractivity contribution >= 4 is 11.8 Å². The molecular formula is C22H30N6O2. The second kappa shape index (κ2) is 7.76. The molecule has 8 nitrogen and oxygen atoms in total. The molecule has 5 heterocycles. The number of rotatable bonds is 3. The molecule has 0 bridgehead atoms. The summed E-state index contributed by atoms with van der Waals surface area (Å²) in [6.07, 6.45) is 5.08. The Balaban J connectivity index is 1.40. The lowest BCUT2D eigenvalue weighted by Gasteiger charge is -2.38.